The number of rotatable bonds is 6. The summed E-state index contributed by atoms with van der Waals surface area (Å²) in [5.74, 6) is 0.851. The molecule has 0 heterocycles. The van der Waals surface area contributed by atoms with E-state index in [1.807, 2.05) is 55.5 Å². The van der Waals surface area contributed by atoms with Crippen LogP contribution in [0.2, 0.25) is 5.02 Å². The van der Waals surface area contributed by atoms with Crippen LogP contribution in [0.5, 0.6) is 5.75 Å². The number of hydrogen-bond donors (Lipinski definition) is 2. The number of halogens is 1. The molecule has 0 radical (unpaired) electrons. The Kier molecular flexibility index (Phi) is 5.27. The van der Waals surface area contributed by atoms with E-state index in [9.17, 15) is 0 Å². The fraction of sp³-hybridized carbons (Fsp3) is 0.250. The highest BCUT2D eigenvalue weighted by Crippen LogP contribution is 2.27. The van der Waals surface area contributed by atoms with Crippen LogP contribution in [0.4, 0.5) is 5.69 Å². The summed E-state index contributed by atoms with van der Waals surface area (Å²) in [6, 6.07) is 15.6. The van der Waals surface area contributed by atoms with Crippen molar-refractivity contribution in [3.8, 4) is 5.75 Å². The molecule has 2 rings (SSSR count). The Morgan fingerprint density at radius 2 is 2.00 bits per heavy atom. The quantitative estimate of drug-likeness (QED) is 0.849. The Labute approximate surface area is 124 Å². The molecule has 4 heteroatoms. The van der Waals surface area contributed by atoms with E-state index in [0.29, 0.717) is 18.2 Å². The minimum absolute atomic E-state index is 0.00435. The molecule has 106 valence electrons. The molecule has 0 aromatic heterocycles. The van der Waals surface area contributed by atoms with Crippen molar-refractivity contribution in [2.45, 2.75) is 13.0 Å². The lowest BCUT2D eigenvalue weighted by Gasteiger charge is -2.20. The highest BCUT2D eigenvalue weighted by atomic mass is 35.5. The number of hydrogen-bond acceptors (Lipinski definition) is 3. The van der Waals surface area contributed by atoms with Crippen molar-refractivity contribution >= 4 is 17.3 Å². The van der Waals surface area contributed by atoms with E-state index in [-0.39, 0.29) is 6.04 Å². The maximum atomic E-state index is 6.17. The average molecular weight is 291 g/mol. The first-order chi connectivity index (χ1) is 9.74. The number of para-hydroxylation sites is 1. The van der Waals surface area contributed by atoms with Crippen molar-refractivity contribution in [2.24, 2.45) is 5.73 Å². The molecule has 1 unspecified atom stereocenters. The van der Waals surface area contributed by atoms with Gasteiger partial charge >= 0.3 is 0 Å². The van der Waals surface area contributed by atoms with E-state index in [1.54, 1.807) is 0 Å². The number of anilines is 1. The molecule has 0 aliphatic rings. The third-order valence-corrected chi connectivity index (χ3v) is 3.34. The molecule has 3 N–H and O–H groups in total. The van der Waals surface area contributed by atoms with Crippen LogP contribution >= 0.6 is 11.6 Å². The molecule has 0 amide bonds. The van der Waals surface area contributed by atoms with E-state index in [2.05, 4.69) is 5.32 Å². The fourth-order valence-corrected chi connectivity index (χ4v) is 2.22. The standard InChI is InChI=1S/C16H19ClN2O/c1-2-20-13-7-5-6-12(10-13)16(11-18)19-15-9-4-3-8-14(15)17/h3-10,16,19H,2,11,18H2,1H3. The third-order valence-electron chi connectivity index (χ3n) is 3.01. The summed E-state index contributed by atoms with van der Waals surface area (Å²) in [5.41, 5.74) is 7.84. The van der Waals surface area contributed by atoms with E-state index >= 15 is 0 Å². The highest BCUT2D eigenvalue weighted by molar-refractivity contribution is 6.33. The van der Waals surface area contributed by atoms with Crippen molar-refractivity contribution in [3.05, 3.63) is 59.1 Å². The van der Waals surface area contributed by atoms with Gasteiger partial charge in [-0.2, -0.15) is 0 Å². The molecule has 3 nitrogen and oxygen atoms in total. The Morgan fingerprint density at radius 1 is 1.20 bits per heavy atom. The minimum atomic E-state index is -0.00435. The predicted molar refractivity (Wildman–Crippen MR) is 84.5 cm³/mol. The summed E-state index contributed by atoms with van der Waals surface area (Å²) < 4.78 is 5.52. The zero-order chi connectivity index (χ0) is 14.4. The van der Waals surface area contributed by atoms with E-state index in [1.165, 1.54) is 0 Å². The average Bonchev–Trinajstić information content (AvgIpc) is 2.47. The molecule has 0 bridgehead atoms. The molecule has 0 aliphatic carbocycles. The van der Waals surface area contributed by atoms with Crippen LogP contribution < -0.4 is 15.8 Å². The van der Waals surface area contributed by atoms with Gasteiger partial charge in [0.15, 0.2) is 0 Å². The highest BCUT2D eigenvalue weighted by Gasteiger charge is 2.11. The summed E-state index contributed by atoms with van der Waals surface area (Å²) in [7, 11) is 0. The summed E-state index contributed by atoms with van der Waals surface area (Å²) in [4.78, 5) is 0. The molecular formula is C16H19ClN2O. The van der Waals surface area contributed by atoms with Crippen LogP contribution in [0, 0.1) is 0 Å². The summed E-state index contributed by atoms with van der Waals surface area (Å²) in [6.07, 6.45) is 0. The predicted octanol–water partition coefficient (Wildman–Crippen LogP) is 3.85. The Hall–Kier alpha value is -1.71. The summed E-state index contributed by atoms with van der Waals surface area (Å²) >= 11 is 6.17. The van der Waals surface area contributed by atoms with Gasteiger partial charge in [0, 0.05) is 6.54 Å². The molecule has 2 aromatic rings. The SMILES string of the molecule is CCOc1cccc(C(CN)Nc2ccccc2Cl)c1. The lowest BCUT2D eigenvalue weighted by atomic mass is 10.1. The maximum Gasteiger partial charge on any atom is 0.119 e. The molecule has 0 spiro atoms. The van der Waals surface area contributed by atoms with Crippen molar-refractivity contribution in [2.75, 3.05) is 18.5 Å². The second-order valence-corrected chi connectivity index (χ2v) is 4.83. The largest absolute Gasteiger partial charge is 0.494 e. The van der Waals surface area contributed by atoms with Crippen LogP contribution in [-0.2, 0) is 0 Å². The first-order valence-corrected chi connectivity index (χ1v) is 7.06. The second kappa shape index (κ2) is 7.17. The molecule has 0 saturated heterocycles. The topological polar surface area (TPSA) is 47.3 Å². The summed E-state index contributed by atoms with van der Waals surface area (Å²) in [5, 5.41) is 4.06. The molecule has 0 aliphatic heterocycles. The van der Waals surface area contributed by atoms with Gasteiger partial charge in [0.05, 0.1) is 23.4 Å². The lowest BCUT2D eigenvalue weighted by Crippen LogP contribution is -2.20. The van der Waals surface area contributed by atoms with Crippen LogP contribution in [0.1, 0.15) is 18.5 Å². The van der Waals surface area contributed by atoms with Crippen LogP contribution in [0.3, 0.4) is 0 Å². The molecular weight excluding hydrogens is 272 g/mol. The van der Waals surface area contributed by atoms with Gasteiger partial charge in [0.25, 0.3) is 0 Å². The van der Waals surface area contributed by atoms with E-state index in [0.717, 1.165) is 17.0 Å². The molecule has 20 heavy (non-hydrogen) atoms. The van der Waals surface area contributed by atoms with Crippen LogP contribution in [0.25, 0.3) is 0 Å². The fourth-order valence-electron chi connectivity index (χ4n) is 2.03. The van der Waals surface area contributed by atoms with Gasteiger partial charge in [-0.25, -0.2) is 0 Å². The van der Waals surface area contributed by atoms with Gasteiger partial charge in [0.2, 0.25) is 0 Å². The van der Waals surface area contributed by atoms with E-state index < -0.39 is 0 Å². The van der Waals surface area contributed by atoms with Gasteiger partial charge in [-0.15, -0.1) is 0 Å². The Bertz CT molecular complexity index is 560. The summed E-state index contributed by atoms with van der Waals surface area (Å²) in [6.45, 7) is 3.09. The van der Waals surface area contributed by atoms with Gasteiger partial charge in [-0.1, -0.05) is 35.9 Å². The number of nitrogens with one attached hydrogen (secondary N) is 1. The first kappa shape index (κ1) is 14.7. The molecule has 1 atom stereocenters. The van der Waals surface area contributed by atoms with Crippen LogP contribution in [-0.4, -0.2) is 13.2 Å². The monoisotopic (exact) mass is 290 g/mol. The smallest absolute Gasteiger partial charge is 0.119 e. The zero-order valence-electron chi connectivity index (χ0n) is 11.5. The second-order valence-electron chi connectivity index (χ2n) is 4.42. The van der Waals surface area contributed by atoms with E-state index in [4.69, 9.17) is 22.1 Å². The lowest BCUT2D eigenvalue weighted by molar-refractivity contribution is 0.339. The van der Waals surface area contributed by atoms with Gasteiger partial charge in [0.1, 0.15) is 5.75 Å². The van der Waals surface area contributed by atoms with Crippen molar-refractivity contribution in [1.82, 2.24) is 0 Å². The zero-order valence-corrected chi connectivity index (χ0v) is 12.2. The van der Waals surface area contributed by atoms with Crippen molar-refractivity contribution in [1.29, 1.82) is 0 Å². The van der Waals surface area contributed by atoms with Crippen LogP contribution in [0.15, 0.2) is 48.5 Å². The first-order valence-electron chi connectivity index (χ1n) is 6.68. The molecule has 0 fully saturated rings. The minimum Gasteiger partial charge on any atom is -0.494 e. The third kappa shape index (κ3) is 3.65. The molecule has 0 saturated carbocycles. The maximum absolute atomic E-state index is 6.17. The normalized spacial score (nSPS) is 11.9. The van der Waals surface area contributed by atoms with Gasteiger partial charge in [-0.3, -0.25) is 0 Å². The Balaban J connectivity index is 2.20. The van der Waals surface area contributed by atoms with Gasteiger partial charge in [-0.05, 0) is 36.8 Å². The molecule has 2 aromatic carbocycles. The van der Waals surface area contributed by atoms with Gasteiger partial charge < -0.3 is 15.8 Å². The number of nitrogens with two attached hydrogens (primary N) is 1. The van der Waals surface area contributed by atoms with Crippen molar-refractivity contribution < 1.29 is 4.74 Å². The number of benzene rings is 2. The van der Waals surface area contributed by atoms with Crippen molar-refractivity contribution in [3.63, 3.8) is 0 Å². The Morgan fingerprint density at radius 3 is 2.70 bits per heavy atom. The number of ether oxygens (including phenoxy) is 1.